The Morgan fingerprint density at radius 2 is 1.71 bits per heavy atom. The second-order valence-electron chi connectivity index (χ2n) is 5.00. The second-order valence-corrected chi connectivity index (χ2v) is 5.00. The molecule has 0 atom stereocenters. The molecule has 0 aromatic heterocycles. The van der Waals surface area contributed by atoms with Crippen molar-refractivity contribution in [3.05, 3.63) is 78.4 Å². The first-order chi connectivity index (χ1) is 10.3. The van der Waals surface area contributed by atoms with E-state index in [1.54, 1.807) is 6.08 Å². The summed E-state index contributed by atoms with van der Waals surface area (Å²) in [4.78, 5) is 2.41. The van der Waals surface area contributed by atoms with Gasteiger partial charge in [-0.05, 0) is 18.2 Å². The van der Waals surface area contributed by atoms with E-state index in [1.807, 2.05) is 12.1 Å². The molecule has 0 heterocycles. The van der Waals surface area contributed by atoms with Crippen molar-refractivity contribution in [3.63, 3.8) is 0 Å². The quantitative estimate of drug-likeness (QED) is 0.670. The van der Waals surface area contributed by atoms with E-state index < -0.39 is 0 Å². The average Bonchev–Trinajstić information content (AvgIpc) is 2.54. The van der Waals surface area contributed by atoms with Gasteiger partial charge in [0.2, 0.25) is 0 Å². The zero-order chi connectivity index (χ0) is 14.9. The van der Waals surface area contributed by atoms with Crippen molar-refractivity contribution in [2.24, 2.45) is 0 Å². The molecule has 0 radical (unpaired) electrons. The van der Waals surface area contributed by atoms with Crippen LogP contribution in [0.4, 0.5) is 0 Å². The molecule has 0 saturated carbocycles. The molecule has 110 valence electrons. The summed E-state index contributed by atoms with van der Waals surface area (Å²) in [5.41, 5.74) is 2.56. The van der Waals surface area contributed by atoms with E-state index in [2.05, 4.69) is 60.9 Å². The zero-order valence-electron chi connectivity index (χ0n) is 12.7. The van der Waals surface area contributed by atoms with Crippen molar-refractivity contribution in [1.29, 1.82) is 0 Å². The molecule has 0 fully saturated rings. The summed E-state index contributed by atoms with van der Waals surface area (Å²) >= 11 is 0. The molecule has 2 heteroatoms. The maximum absolute atomic E-state index is 5.74. The Hall–Kier alpha value is -2.06. The molecule has 2 aromatic carbocycles. The molecular formula is C19H23NO. The third-order valence-electron chi connectivity index (χ3n) is 3.42. The van der Waals surface area contributed by atoms with Crippen LogP contribution in [0.15, 0.2) is 67.3 Å². The molecule has 0 amide bonds. The van der Waals surface area contributed by atoms with E-state index in [1.165, 1.54) is 11.1 Å². The van der Waals surface area contributed by atoms with E-state index in [4.69, 9.17) is 4.74 Å². The van der Waals surface area contributed by atoms with Crippen LogP contribution < -0.4 is 4.74 Å². The third kappa shape index (κ3) is 4.76. The van der Waals surface area contributed by atoms with Gasteiger partial charge in [0.1, 0.15) is 12.4 Å². The molecule has 2 rings (SSSR count). The summed E-state index contributed by atoms with van der Waals surface area (Å²) in [5.74, 6) is 0.948. The number of rotatable bonds is 8. The van der Waals surface area contributed by atoms with Gasteiger partial charge >= 0.3 is 0 Å². The minimum atomic E-state index is 0.543. The van der Waals surface area contributed by atoms with E-state index in [-0.39, 0.29) is 0 Å². The highest BCUT2D eigenvalue weighted by molar-refractivity contribution is 5.33. The Morgan fingerprint density at radius 3 is 2.43 bits per heavy atom. The van der Waals surface area contributed by atoms with Gasteiger partial charge in [-0.2, -0.15) is 0 Å². The largest absolute Gasteiger partial charge is 0.489 e. The van der Waals surface area contributed by atoms with E-state index in [0.29, 0.717) is 6.61 Å². The number of nitrogens with zero attached hydrogens (tertiary/aromatic N) is 1. The summed E-state index contributed by atoms with van der Waals surface area (Å²) in [6, 6.07) is 18.8. The zero-order valence-corrected chi connectivity index (χ0v) is 12.7. The fourth-order valence-electron chi connectivity index (χ4n) is 2.29. The Balaban J connectivity index is 2.06. The van der Waals surface area contributed by atoms with Gasteiger partial charge in [0.25, 0.3) is 0 Å². The van der Waals surface area contributed by atoms with Crippen molar-refractivity contribution >= 4 is 0 Å². The molecule has 2 nitrogen and oxygen atoms in total. The van der Waals surface area contributed by atoms with Gasteiger partial charge in [-0.1, -0.05) is 68.1 Å². The predicted octanol–water partition coefficient (Wildman–Crippen LogP) is 4.27. The highest BCUT2D eigenvalue weighted by Gasteiger charge is 2.08. The van der Waals surface area contributed by atoms with Crippen LogP contribution in [-0.2, 0) is 13.1 Å². The summed E-state index contributed by atoms with van der Waals surface area (Å²) in [6.45, 7) is 9.28. The smallest absolute Gasteiger partial charge is 0.124 e. The first-order valence-electron chi connectivity index (χ1n) is 7.41. The van der Waals surface area contributed by atoms with Crippen LogP contribution in [-0.4, -0.2) is 18.1 Å². The normalized spacial score (nSPS) is 10.6. The fraction of sp³-hybridized carbons (Fsp3) is 0.263. The van der Waals surface area contributed by atoms with Gasteiger partial charge < -0.3 is 4.74 Å². The topological polar surface area (TPSA) is 12.5 Å². The number of hydrogen-bond acceptors (Lipinski definition) is 2. The first-order valence-corrected chi connectivity index (χ1v) is 7.41. The van der Waals surface area contributed by atoms with E-state index >= 15 is 0 Å². The molecule has 0 N–H and O–H groups in total. The maximum atomic E-state index is 5.74. The Labute approximate surface area is 127 Å². The van der Waals surface area contributed by atoms with Crippen molar-refractivity contribution in [2.75, 3.05) is 13.2 Å². The second kappa shape index (κ2) is 8.28. The number of hydrogen-bond donors (Lipinski definition) is 0. The van der Waals surface area contributed by atoms with Gasteiger partial charge in [0.05, 0.1) is 0 Å². The molecule has 0 saturated heterocycles. The molecule has 0 spiro atoms. The molecule has 2 aromatic rings. The van der Waals surface area contributed by atoms with Crippen LogP contribution in [0.2, 0.25) is 0 Å². The van der Waals surface area contributed by atoms with Crippen LogP contribution in [0.5, 0.6) is 5.75 Å². The van der Waals surface area contributed by atoms with Crippen molar-refractivity contribution in [1.82, 2.24) is 4.90 Å². The van der Waals surface area contributed by atoms with Crippen molar-refractivity contribution in [3.8, 4) is 5.75 Å². The molecule has 0 aliphatic rings. The summed E-state index contributed by atoms with van der Waals surface area (Å²) in [5, 5.41) is 0. The third-order valence-corrected chi connectivity index (χ3v) is 3.42. The summed E-state index contributed by atoms with van der Waals surface area (Å²) in [6.07, 6.45) is 1.78. The minimum absolute atomic E-state index is 0.543. The van der Waals surface area contributed by atoms with Gasteiger partial charge in [0.15, 0.2) is 0 Å². The van der Waals surface area contributed by atoms with Gasteiger partial charge in [-0.15, -0.1) is 0 Å². The Kier molecular flexibility index (Phi) is 6.04. The Bertz CT molecular complexity index is 551. The van der Waals surface area contributed by atoms with Crippen molar-refractivity contribution < 1.29 is 4.74 Å². The lowest BCUT2D eigenvalue weighted by Gasteiger charge is -2.22. The van der Waals surface area contributed by atoms with Gasteiger partial charge in [-0.3, -0.25) is 4.90 Å². The van der Waals surface area contributed by atoms with Crippen LogP contribution in [0.3, 0.4) is 0 Å². The summed E-state index contributed by atoms with van der Waals surface area (Å²) in [7, 11) is 0. The average molecular weight is 281 g/mol. The fourth-order valence-corrected chi connectivity index (χ4v) is 2.29. The van der Waals surface area contributed by atoms with Crippen LogP contribution in [0, 0.1) is 0 Å². The molecule has 0 aliphatic heterocycles. The van der Waals surface area contributed by atoms with E-state index in [9.17, 15) is 0 Å². The Morgan fingerprint density at radius 1 is 1.00 bits per heavy atom. The van der Waals surface area contributed by atoms with Gasteiger partial charge in [-0.25, -0.2) is 0 Å². The molecule has 0 bridgehead atoms. The SMILES string of the molecule is C=CCOc1ccccc1CN(CC)Cc1ccccc1. The first kappa shape index (κ1) is 15.3. The number of benzene rings is 2. The predicted molar refractivity (Wildman–Crippen MR) is 88.4 cm³/mol. The molecule has 21 heavy (non-hydrogen) atoms. The van der Waals surface area contributed by atoms with Crippen molar-refractivity contribution in [2.45, 2.75) is 20.0 Å². The monoisotopic (exact) mass is 281 g/mol. The molecule has 0 unspecified atom stereocenters. The van der Waals surface area contributed by atoms with Crippen LogP contribution >= 0.6 is 0 Å². The number of ether oxygens (including phenoxy) is 1. The van der Waals surface area contributed by atoms with Crippen LogP contribution in [0.25, 0.3) is 0 Å². The van der Waals surface area contributed by atoms with Gasteiger partial charge in [0, 0.05) is 18.7 Å². The minimum Gasteiger partial charge on any atom is -0.489 e. The number of para-hydroxylation sites is 1. The molecular weight excluding hydrogens is 258 g/mol. The summed E-state index contributed by atoms with van der Waals surface area (Å²) < 4.78 is 5.74. The highest BCUT2D eigenvalue weighted by atomic mass is 16.5. The lowest BCUT2D eigenvalue weighted by molar-refractivity contribution is 0.264. The standard InChI is InChI=1S/C19H23NO/c1-3-14-21-19-13-9-8-12-18(19)16-20(4-2)15-17-10-6-5-7-11-17/h3,5-13H,1,4,14-16H2,2H3. The molecule has 0 aliphatic carbocycles. The highest BCUT2D eigenvalue weighted by Crippen LogP contribution is 2.20. The lowest BCUT2D eigenvalue weighted by Crippen LogP contribution is -2.22. The van der Waals surface area contributed by atoms with Crippen LogP contribution in [0.1, 0.15) is 18.1 Å². The maximum Gasteiger partial charge on any atom is 0.124 e. The lowest BCUT2D eigenvalue weighted by atomic mass is 10.1. The van der Waals surface area contributed by atoms with E-state index in [0.717, 1.165) is 25.4 Å².